The molecule has 740 valence electrons. The summed E-state index contributed by atoms with van der Waals surface area (Å²) in [6.07, 6.45) is 92.1. The second-order valence-corrected chi connectivity index (χ2v) is 40.6. The molecule has 2 saturated heterocycles. The zero-order valence-electron chi connectivity index (χ0n) is 85.4. The van der Waals surface area contributed by atoms with Crippen molar-refractivity contribution in [3.05, 3.63) is 0 Å². The molecule has 0 spiro atoms. The van der Waals surface area contributed by atoms with E-state index in [0.29, 0.717) is 99.8 Å². The molecule has 0 aliphatic carbocycles. The fraction of sp³-hybridized carbons (Fsp3) is 0.964. The van der Waals surface area contributed by atoms with Gasteiger partial charge in [0.1, 0.15) is 0 Å². The van der Waals surface area contributed by atoms with Gasteiger partial charge in [-0.3, -0.25) is 19.2 Å². The van der Waals surface area contributed by atoms with Gasteiger partial charge in [0.25, 0.3) is 0 Å². The molecule has 13 heteroatoms. The maximum atomic E-state index is 13.3. The molecule has 2 aliphatic rings. The monoisotopic (exact) mass is 1760 g/mol. The number of piperidine rings is 1. The van der Waals surface area contributed by atoms with Crippen LogP contribution >= 0.6 is 0 Å². The Kier molecular flexibility index (Phi) is 86.3. The number of rotatable bonds is 97. The van der Waals surface area contributed by atoms with Crippen LogP contribution in [0, 0.1) is 35.5 Å². The highest BCUT2D eigenvalue weighted by molar-refractivity contribution is 5.70. The molecule has 0 saturated carbocycles. The minimum absolute atomic E-state index is 0.000466. The van der Waals surface area contributed by atoms with Crippen molar-refractivity contribution in [3.8, 4) is 0 Å². The average molecular weight is 1770 g/mol. The van der Waals surface area contributed by atoms with E-state index in [-0.39, 0.29) is 23.9 Å². The largest absolute Gasteiger partial charge is 0.466 e. The first-order valence-corrected chi connectivity index (χ1v) is 56.4. The summed E-state index contributed by atoms with van der Waals surface area (Å²) in [7, 11) is 2.24. The summed E-state index contributed by atoms with van der Waals surface area (Å²) in [5.41, 5.74) is 0. The molecule has 125 heavy (non-hydrogen) atoms. The third-order valence-electron chi connectivity index (χ3n) is 29.0. The van der Waals surface area contributed by atoms with Crippen molar-refractivity contribution in [3.63, 3.8) is 0 Å². The molecule has 0 bridgehead atoms. The number of hydrogen-bond donors (Lipinski definition) is 0. The second-order valence-electron chi connectivity index (χ2n) is 40.6. The molecule has 0 radical (unpaired) electrons. The number of hydrogen-bond acceptors (Lipinski definition) is 13. The molecular weight excluding hydrogens is 1550 g/mol. The lowest BCUT2D eigenvalue weighted by Crippen LogP contribution is -2.44. The maximum absolute atomic E-state index is 13.3. The number of nitrogens with zero attached hydrogens (tertiary/aromatic N) is 3. The smallest absolute Gasteiger partial charge is 0.305 e. The van der Waals surface area contributed by atoms with Crippen molar-refractivity contribution in [2.24, 2.45) is 35.5 Å². The van der Waals surface area contributed by atoms with Crippen LogP contribution in [-0.4, -0.2) is 150 Å². The second kappa shape index (κ2) is 90.8. The lowest BCUT2D eigenvalue weighted by atomic mass is 9.73. The Morgan fingerprint density at radius 3 is 0.848 bits per heavy atom. The fourth-order valence-corrected chi connectivity index (χ4v) is 20.3. The first-order valence-electron chi connectivity index (χ1n) is 56.4. The molecule has 6 atom stereocenters. The summed E-state index contributed by atoms with van der Waals surface area (Å²) >= 11 is 0. The van der Waals surface area contributed by atoms with Crippen molar-refractivity contribution >= 4 is 23.9 Å². The van der Waals surface area contributed by atoms with Crippen LogP contribution in [-0.2, 0) is 47.6 Å². The van der Waals surface area contributed by atoms with Crippen LogP contribution in [0.4, 0.5) is 0 Å². The van der Waals surface area contributed by atoms with Gasteiger partial charge in [-0.15, -0.1) is 0 Å². The van der Waals surface area contributed by atoms with Gasteiger partial charge in [0, 0.05) is 65.1 Å². The minimum Gasteiger partial charge on any atom is -0.466 e. The third-order valence-corrected chi connectivity index (χ3v) is 29.0. The molecule has 13 nitrogen and oxygen atoms in total. The van der Waals surface area contributed by atoms with Crippen molar-refractivity contribution in [1.82, 2.24) is 14.7 Å². The first-order chi connectivity index (χ1) is 61.4. The van der Waals surface area contributed by atoms with Gasteiger partial charge in [-0.1, -0.05) is 402 Å². The third kappa shape index (κ3) is 75.8. The number of likely N-dealkylation sites (N-methyl/N-ethyl adjacent to an activating group) is 1. The summed E-state index contributed by atoms with van der Waals surface area (Å²) in [4.78, 5) is 59.3. The van der Waals surface area contributed by atoms with E-state index in [0.717, 1.165) is 96.7 Å². The van der Waals surface area contributed by atoms with Crippen molar-refractivity contribution in [2.75, 3.05) is 99.0 Å². The van der Waals surface area contributed by atoms with Gasteiger partial charge in [-0.25, -0.2) is 0 Å². The molecule has 2 heterocycles. The predicted octanol–water partition coefficient (Wildman–Crippen LogP) is 32.4. The summed E-state index contributed by atoms with van der Waals surface area (Å²) in [6.45, 7) is 32.5. The highest BCUT2D eigenvalue weighted by Crippen LogP contribution is 2.37. The molecule has 2 fully saturated rings. The van der Waals surface area contributed by atoms with Crippen molar-refractivity contribution in [1.29, 1.82) is 0 Å². The van der Waals surface area contributed by atoms with E-state index >= 15 is 0 Å². The first kappa shape index (κ1) is 119. The molecular formula is C112H217N3O10. The van der Waals surface area contributed by atoms with E-state index in [1.807, 2.05) is 0 Å². The van der Waals surface area contributed by atoms with Crippen LogP contribution in [0.25, 0.3) is 0 Å². The standard InChI is InChI=1S/C112H217N3O10/c1-10-17-45-67-102(68-46-18-11-2)83-97-122-109(116)79-55-40-32-24-28-36-51-74-106(120-95-63-61-89-114-87-59-44-60-88-114)75-52-37-29-26-34-42-57-81-111(118)124-99-85-104(71-49-21-14-5)72-65-66-101(8)108(78-23-16-7)105(73-50-22-15-6)86-100-125-112(119)82-58-43-35-27-31-39-54-77-107(121-96-64-62-90-115-93-91-113(9)92-94-115)76-53-38-30-25-33-41-56-80-110(117)123-98-84-103(69-47-19-12-3)70-48-20-13-4/h101-108H,10-100H2,1-9H3. The average Bonchev–Trinajstić information content (AvgIpc) is 0.869. The lowest BCUT2D eigenvalue weighted by Gasteiger charge is -2.33. The number of unbranched alkanes of at least 4 members (excludes halogenated alkanes) is 39. The van der Waals surface area contributed by atoms with Gasteiger partial charge in [0.15, 0.2) is 0 Å². The number of ether oxygens (including phenoxy) is 6. The van der Waals surface area contributed by atoms with Gasteiger partial charge in [0.2, 0.25) is 0 Å². The lowest BCUT2D eigenvalue weighted by molar-refractivity contribution is -0.145. The fourth-order valence-electron chi connectivity index (χ4n) is 20.3. The Hall–Kier alpha value is -2.32. The zero-order valence-corrected chi connectivity index (χ0v) is 85.4. The van der Waals surface area contributed by atoms with Crippen LogP contribution in [0.3, 0.4) is 0 Å². The van der Waals surface area contributed by atoms with E-state index in [4.69, 9.17) is 28.4 Å². The Labute approximate surface area is 778 Å². The molecule has 0 aromatic heterocycles. The van der Waals surface area contributed by atoms with E-state index in [1.165, 1.54) is 438 Å². The number of carbonyl (C=O) groups is 4. The van der Waals surface area contributed by atoms with Gasteiger partial charge >= 0.3 is 23.9 Å². The van der Waals surface area contributed by atoms with E-state index < -0.39 is 0 Å². The summed E-state index contributed by atoms with van der Waals surface area (Å²) in [5.74, 6) is 3.94. The Balaban J connectivity index is 1.71. The van der Waals surface area contributed by atoms with E-state index in [9.17, 15) is 19.2 Å². The Morgan fingerprint density at radius 2 is 0.520 bits per heavy atom. The summed E-state index contributed by atoms with van der Waals surface area (Å²) in [5, 5.41) is 0. The minimum atomic E-state index is -0.000466. The highest BCUT2D eigenvalue weighted by atomic mass is 16.5. The molecule has 0 N–H and O–H groups in total. The predicted molar refractivity (Wildman–Crippen MR) is 536 cm³/mol. The molecule has 0 aromatic carbocycles. The van der Waals surface area contributed by atoms with Crippen molar-refractivity contribution < 1.29 is 47.6 Å². The normalized spacial score (nSPS) is 15.2. The van der Waals surface area contributed by atoms with Crippen LogP contribution in [0.2, 0.25) is 0 Å². The zero-order chi connectivity index (χ0) is 90.2. The summed E-state index contributed by atoms with van der Waals surface area (Å²) in [6, 6.07) is 0. The molecule has 6 unspecified atom stereocenters. The van der Waals surface area contributed by atoms with Crippen molar-refractivity contribution in [2.45, 2.75) is 562 Å². The molecule has 0 amide bonds. The van der Waals surface area contributed by atoms with Crippen LogP contribution in [0.5, 0.6) is 0 Å². The number of likely N-dealkylation sites (tertiary alicyclic amines) is 1. The maximum Gasteiger partial charge on any atom is 0.305 e. The number of esters is 4. The number of piperazine rings is 1. The van der Waals surface area contributed by atoms with E-state index in [1.54, 1.807) is 0 Å². The Morgan fingerprint density at radius 1 is 0.240 bits per heavy atom. The van der Waals surface area contributed by atoms with E-state index in [2.05, 4.69) is 77.1 Å². The van der Waals surface area contributed by atoms with Gasteiger partial charge < -0.3 is 43.1 Å². The van der Waals surface area contributed by atoms with Gasteiger partial charge in [-0.05, 0) is 191 Å². The molecule has 0 aromatic rings. The summed E-state index contributed by atoms with van der Waals surface area (Å²) < 4.78 is 36.8. The number of carbonyl (C=O) groups excluding carboxylic acids is 4. The van der Waals surface area contributed by atoms with Gasteiger partial charge in [-0.2, -0.15) is 0 Å². The van der Waals surface area contributed by atoms with Gasteiger partial charge in [0.05, 0.1) is 38.6 Å². The Bertz CT molecular complexity index is 2260. The van der Waals surface area contributed by atoms with Crippen LogP contribution < -0.4 is 0 Å². The molecule has 2 rings (SSSR count). The van der Waals surface area contributed by atoms with Crippen LogP contribution in [0.1, 0.15) is 550 Å². The SMILES string of the molecule is CCCCCC(CCCCC)CCOC(=O)CCCCCCCCCC(CCCCCCCCCC(=O)OCCC(CCCCC)CCCC(C)C(CCCC)C(CCCCC)CCOC(=O)CCCCCCCCCC(CCCCCCCCCC(=O)OCCC(CCCCC)CCCCC)OCCCCN1CCN(C)CC1)OCCCCN1CCCCC1. The van der Waals surface area contributed by atoms with Crippen LogP contribution in [0.15, 0.2) is 0 Å². The molecule has 2 aliphatic heterocycles. The highest BCUT2D eigenvalue weighted by Gasteiger charge is 2.28. The topological polar surface area (TPSA) is 133 Å². The quantitative estimate of drug-likeness (QED) is 0.0325.